The van der Waals surface area contributed by atoms with Gasteiger partial charge >= 0.3 is 0 Å². The number of hydrogen-bond acceptors (Lipinski definition) is 10. The van der Waals surface area contributed by atoms with E-state index in [1.807, 2.05) is 22.6 Å². The molecular formula is C22H15IN6O8S2. The average molecular weight is 682 g/mol. The predicted molar refractivity (Wildman–Crippen MR) is 151 cm³/mol. The van der Waals surface area contributed by atoms with Crippen LogP contribution in [0, 0.1) is 23.8 Å². The first-order valence-corrected chi connectivity index (χ1v) is 14.2. The molecule has 0 unspecified atom stereocenters. The van der Waals surface area contributed by atoms with Gasteiger partial charge in [0, 0.05) is 9.64 Å². The molecule has 0 aliphatic carbocycles. The zero-order valence-electron chi connectivity index (χ0n) is 19.3. The van der Waals surface area contributed by atoms with Crippen molar-refractivity contribution >= 4 is 78.2 Å². The van der Waals surface area contributed by atoms with Crippen molar-refractivity contribution in [2.45, 2.75) is 10.1 Å². The Morgan fingerprint density at radius 3 is 2.36 bits per heavy atom. The van der Waals surface area contributed by atoms with Gasteiger partial charge in [-0.25, -0.2) is 18.5 Å². The van der Waals surface area contributed by atoms with Gasteiger partial charge in [-0.05, 0) is 71.1 Å². The standard InChI is InChI=1S/C22H15IN6O8S2/c23-12-1-7-17-16(9-12)21(31)27(13-2-5-15(6-3-13)39(24,36)37)22(26-17)38-11-20(30)25-18-8-4-14(28(32)33)10-19(18)29(34)35/h1-10H,11H2,(H,25,30)(H2,24,36,37). The number of nitrogens with one attached hydrogen (secondary N) is 1. The van der Waals surface area contributed by atoms with E-state index in [4.69, 9.17) is 5.14 Å². The molecule has 0 fully saturated rings. The molecule has 39 heavy (non-hydrogen) atoms. The maximum absolute atomic E-state index is 13.5. The van der Waals surface area contributed by atoms with Crippen LogP contribution in [-0.4, -0.2) is 39.5 Å². The molecule has 0 aliphatic heterocycles. The first-order chi connectivity index (χ1) is 18.3. The van der Waals surface area contributed by atoms with Crippen LogP contribution < -0.4 is 16.0 Å². The van der Waals surface area contributed by atoms with Gasteiger partial charge in [-0.1, -0.05) is 11.8 Å². The number of nitrogens with two attached hydrogens (primary N) is 1. The van der Waals surface area contributed by atoms with Gasteiger partial charge in [-0.15, -0.1) is 0 Å². The predicted octanol–water partition coefficient (Wildman–Crippen LogP) is 3.18. The van der Waals surface area contributed by atoms with Gasteiger partial charge in [-0.3, -0.25) is 34.4 Å². The van der Waals surface area contributed by atoms with Gasteiger partial charge in [0.15, 0.2) is 5.16 Å². The molecule has 1 amide bonds. The molecule has 4 rings (SSSR count). The number of benzene rings is 3. The number of nitrogens with zero attached hydrogens (tertiary/aromatic N) is 4. The summed E-state index contributed by atoms with van der Waals surface area (Å²) < 4.78 is 25.3. The number of non-ortho nitro benzene ring substituents is 1. The number of amides is 1. The van der Waals surface area contributed by atoms with E-state index in [0.29, 0.717) is 5.52 Å². The first-order valence-electron chi connectivity index (χ1n) is 10.6. The van der Waals surface area contributed by atoms with Crippen LogP contribution >= 0.6 is 34.4 Å². The molecule has 0 atom stereocenters. The summed E-state index contributed by atoms with van der Waals surface area (Å²) in [7, 11) is -3.98. The highest BCUT2D eigenvalue weighted by Gasteiger charge is 2.22. The smallest absolute Gasteiger partial charge is 0.299 e. The van der Waals surface area contributed by atoms with Crippen LogP contribution in [0.3, 0.4) is 0 Å². The van der Waals surface area contributed by atoms with E-state index >= 15 is 0 Å². The Labute approximate surface area is 236 Å². The molecule has 200 valence electrons. The van der Waals surface area contributed by atoms with Crippen molar-refractivity contribution in [3.05, 3.63) is 94.8 Å². The Hall–Kier alpha value is -3.94. The fourth-order valence-corrected chi connectivity index (χ4v) is 5.27. The number of nitro groups is 2. The lowest BCUT2D eigenvalue weighted by atomic mass is 10.2. The lowest BCUT2D eigenvalue weighted by molar-refractivity contribution is -0.393. The zero-order valence-corrected chi connectivity index (χ0v) is 23.1. The summed E-state index contributed by atoms with van der Waals surface area (Å²) in [5, 5.41) is 30.2. The van der Waals surface area contributed by atoms with Crippen molar-refractivity contribution in [2.75, 3.05) is 11.1 Å². The van der Waals surface area contributed by atoms with Gasteiger partial charge in [0.1, 0.15) is 5.69 Å². The van der Waals surface area contributed by atoms with E-state index in [-0.39, 0.29) is 32.6 Å². The Balaban J connectivity index is 1.69. The number of hydrogen-bond donors (Lipinski definition) is 2. The third-order valence-electron chi connectivity index (χ3n) is 5.22. The molecule has 0 radical (unpaired) electrons. The molecule has 1 aromatic heterocycles. The highest BCUT2D eigenvalue weighted by molar-refractivity contribution is 14.1. The molecule has 14 nitrogen and oxygen atoms in total. The van der Waals surface area contributed by atoms with Gasteiger partial charge < -0.3 is 5.32 Å². The van der Waals surface area contributed by atoms with Crippen LogP contribution in [0.4, 0.5) is 17.1 Å². The lowest BCUT2D eigenvalue weighted by Crippen LogP contribution is -2.23. The number of sulfonamides is 1. The quantitative estimate of drug-likeness (QED) is 0.0911. The number of aromatic nitrogens is 2. The Bertz CT molecular complexity index is 1830. The van der Waals surface area contributed by atoms with Crippen molar-refractivity contribution in [1.82, 2.24) is 9.55 Å². The highest BCUT2D eigenvalue weighted by Crippen LogP contribution is 2.29. The molecular weight excluding hydrogens is 667 g/mol. The molecule has 1 heterocycles. The fourth-order valence-electron chi connectivity index (χ4n) is 3.45. The van der Waals surface area contributed by atoms with Gasteiger partial charge in [0.25, 0.3) is 16.9 Å². The number of carbonyl (C=O) groups is 1. The summed E-state index contributed by atoms with van der Waals surface area (Å²) in [4.78, 5) is 51.1. The minimum atomic E-state index is -3.98. The van der Waals surface area contributed by atoms with Crippen LogP contribution in [0.15, 0.2) is 75.5 Å². The largest absolute Gasteiger partial charge is 0.320 e. The van der Waals surface area contributed by atoms with Crippen LogP contribution in [0.25, 0.3) is 16.6 Å². The van der Waals surface area contributed by atoms with Gasteiger partial charge in [-0.2, -0.15) is 0 Å². The SMILES string of the molecule is NS(=O)(=O)c1ccc(-n2c(SCC(=O)Nc3ccc([N+](=O)[O-])cc3[N+](=O)[O-])nc3ccc(I)cc3c2=O)cc1. The molecule has 17 heteroatoms. The molecule has 3 N–H and O–H groups in total. The van der Waals surface area contributed by atoms with E-state index < -0.39 is 42.7 Å². The maximum Gasteiger partial charge on any atom is 0.299 e. The summed E-state index contributed by atoms with van der Waals surface area (Å²) in [6.45, 7) is 0. The second kappa shape index (κ2) is 11.0. The molecule has 0 aliphatic rings. The summed E-state index contributed by atoms with van der Waals surface area (Å²) in [5.74, 6) is -1.05. The highest BCUT2D eigenvalue weighted by atomic mass is 127. The second-order valence-electron chi connectivity index (χ2n) is 7.79. The third-order valence-corrected chi connectivity index (χ3v) is 7.76. The molecule has 0 spiro atoms. The van der Waals surface area contributed by atoms with E-state index in [9.17, 15) is 38.2 Å². The Morgan fingerprint density at radius 1 is 1.05 bits per heavy atom. The number of thioether (sulfide) groups is 1. The fraction of sp³-hybridized carbons (Fsp3) is 0.0455. The number of carbonyl (C=O) groups excluding carboxylic acids is 1. The Kier molecular flexibility index (Phi) is 7.95. The summed E-state index contributed by atoms with van der Waals surface area (Å²) in [6.07, 6.45) is 0. The minimum Gasteiger partial charge on any atom is -0.320 e. The third kappa shape index (κ3) is 6.21. The van der Waals surface area contributed by atoms with Crippen molar-refractivity contribution < 1.29 is 23.1 Å². The number of nitro benzene ring substituents is 2. The van der Waals surface area contributed by atoms with E-state index in [0.717, 1.165) is 33.5 Å². The molecule has 0 bridgehead atoms. The van der Waals surface area contributed by atoms with Crippen molar-refractivity contribution in [3.63, 3.8) is 0 Å². The van der Waals surface area contributed by atoms with E-state index in [1.165, 1.54) is 28.8 Å². The summed E-state index contributed by atoms with van der Waals surface area (Å²) in [6, 6.07) is 13.0. The van der Waals surface area contributed by atoms with Crippen molar-refractivity contribution in [2.24, 2.45) is 5.14 Å². The Morgan fingerprint density at radius 2 is 1.74 bits per heavy atom. The van der Waals surface area contributed by atoms with Crippen LogP contribution in [0.5, 0.6) is 0 Å². The zero-order chi connectivity index (χ0) is 28.5. The lowest BCUT2D eigenvalue weighted by Gasteiger charge is -2.14. The van der Waals surface area contributed by atoms with E-state index in [2.05, 4.69) is 10.3 Å². The topological polar surface area (TPSA) is 210 Å². The summed E-state index contributed by atoms with van der Waals surface area (Å²) >= 11 is 2.89. The molecule has 4 aromatic rings. The number of anilines is 1. The number of primary sulfonamides is 1. The summed E-state index contributed by atoms with van der Waals surface area (Å²) in [5.41, 5.74) is -1.28. The maximum atomic E-state index is 13.5. The average Bonchev–Trinajstić information content (AvgIpc) is 2.87. The minimum absolute atomic E-state index is 0.0883. The second-order valence-corrected chi connectivity index (χ2v) is 11.5. The number of rotatable bonds is 8. The van der Waals surface area contributed by atoms with Gasteiger partial charge in [0.2, 0.25) is 15.9 Å². The molecule has 0 saturated heterocycles. The van der Waals surface area contributed by atoms with Crippen molar-refractivity contribution in [3.8, 4) is 5.69 Å². The number of fused-ring (bicyclic) bond motifs is 1. The van der Waals surface area contributed by atoms with E-state index in [1.54, 1.807) is 18.2 Å². The first kappa shape index (κ1) is 28.1. The van der Waals surface area contributed by atoms with Gasteiger partial charge in [0.05, 0.1) is 43.2 Å². The monoisotopic (exact) mass is 682 g/mol. The number of halogens is 1. The van der Waals surface area contributed by atoms with Crippen LogP contribution in [0.2, 0.25) is 0 Å². The van der Waals surface area contributed by atoms with Crippen molar-refractivity contribution in [1.29, 1.82) is 0 Å². The molecule has 0 saturated carbocycles. The van der Waals surface area contributed by atoms with Crippen LogP contribution in [0.1, 0.15) is 0 Å². The molecule has 3 aromatic carbocycles. The van der Waals surface area contributed by atoms with Crippen LogP contribution in [-0.2, 0) is 14.8 Å². The normalized spacial score (nSPS) is 11.3.